The molecule has 1 aliphatic rings. The molecule has 1 saturated heterocycles. The van der Waals surface area contributed by atoms with E-state index in [1.165, 1.54) is 7.11 Å². The van der Waals surface area contributed by atoms with E-state index in [1.807, 2.05) is 16.7 Å². The number of aromatic nitrogens is 2. The minimum absolute atomic E-state index is 0. The summed E-state index contributed by atoms with van der Waals surface area (Å²) in [4.78, 5) is 39.3. The topological polar surface area (TPSA) is 102 Å². The lowest BCUT2D eigenvalue weighted by Gasteiger charge is -2.11. The van der Waals surface area contributed by atoms with E-state index in [2.05, 4.69) is 22.5 Å². The van der Waals surface area contributed by atoms with Gasteiger partial charge in [-0.3, -0.25) is 10.1 Å². The number of amides is 3. The lowest BCUT2D eigenvalue weighted by molar-refractivity contribution is -0.115. The molecule has 29 heavy (non-hydrogen) atoms. The standard InChI is InChI=1S/C20H22N4O4.ClH/c1-3-4-5-17-21-11-15(10-16-18(25)23-20(27)22-16)24(17)12-13-6-8-14(9-7-13)19(26)28-2;/h6-11H,3-5,12H2,1-2H3,(H2,22,23,25,27);1H/b16-10-;. The maximum atomic E-state index is 11.8. The Bertz CT molecular complexity index is 934. The number of nitrogens with one attached hydrogen (secondary N) is 2. The molecule has 1 aromatic carbocycles. The van der Waals surface area contributed by atoms with Gasteiger partial charge in [-0.1, -0.05) is 25.5 Å². The molecule has 3 rings (SSSR count). The summed E-state index contributed by atoms with van der Waals surface area (Å²) in [5.41, 5.74) is 2.36. The number of rotatable bonds is 7. The Kier molecular flexibility index (Phi) is 7.55. The number of carbonyl (C=O) groups is 3. The normalized spacial score (nSPS) is 14.3. The van der Waals surface area contributed by atoms with Crippen molar-refractivity contribution >= 4 is 36.4 Å². The van der Waals surface area contributed by atoms with E-state index < -0.39 is 11.9 Å². The van der Waals surface area contributed by atoms with Crippen LogP contribution in [0.1, 0.15) is 47.2 Å². The lowest BCUT2D eigenvalue weighted by atomic mass is 10.1. The van der Waals surface area contributed by atoms with Gasteiger partial charge in [0.05, 0.1) is 24.6 Å². The van der Waals surface area contributed by atoms with E-state index in [4.69, 9.17) is 4.74 Å². The number of esters is 1. The number of benzene rings is 1. The van der Waals surface area contributed by atoms with E-state index in [-0.39, 0.29) is 24.1 Å². The first-order chi connectivity index (χ1) is 13.5. The van der Waals surface area contributed by atoms with Crippen LogP contribution < -0.4 is 10.6 Å². The van der Waals surface area contributed by atoms with Gasteiger partial charge in [0.1, 0.15) is 11.5 Å². The molecule has 3 amide bonds. The molecule has 0 saturated carbocycles. The highest BCUT2D eigenvalue weighted by Crippen LogP contribution is 2.17. The van der Waals surface area contributed by atoms with Gasteiger partial charge in [0, 0.05) is 13.0 Å². The second kappa shape index (κ2) is 9.88. The number of carbonyl (C=O) groups excluding carboxylic acids is 3. The highest BCUT2D eigenvalue weighted by Gasteiger charge is 2.23. The molecule has 0 bridgehead atoms. The molecule has 2 heterocycles. The van der Waals surface area contributed by atoms with Gasteiger partial charge in [0.15, 0.2) is 0 Å². The zero-order chi connectivity index (χ0) is 20.1. The smallest absolute Gasteiger partial charge is 0.337 e. The van der Waals surface area contributed by atoms with Crippen LogP contribution in [0.3, 0.4) is 0 Å². The lowest BCUT2D eigenvalue weighted by Crippen LogP contribution is -2.22. The third-order valence-electron chi connectivity index (χ3n) is 4.45. The van der Waals surface area contributed by atoms with Gasteiger partial charge >= 0.3 is 12.0 Å². The minimum atomic E-state index is -0.535. The van der Waals surface area contributed by atoms with Crippen LogP contribution in [0.4, 0.5) is 4.79 Å². The average Bonchev–Trinajstić information content (AvgIpc) is 3.22. The number of hydrogen-bond donors (Lipinski definition) is 2. The Morgan fingerprint density at radius 1 is 1.21 bits per heavy atom. The summed E-state index contributed by atoms with van der Waals surface area (Å²) in [5.74, 6) is 0.0528. The number of imidazole rings is 1. The molecule has 0 atom stereocenters. The molecule has 2 N–H and O–H groups in total. The number of hydrogen-bond acceptors (Lipinski definition) is 5. The van der Waals surface area contributed by atoms with Crippen LogP contribution in [0.2, 0.25) is 0 Å². The van der Waals surface area contributed by atoms with Gasteiger partial charge in [0.25, 0.3) is 5.91 Å². The molecule has 9 heteroatoms. The zero-order valence-corrected chi connectivity index (χ0v) is 17.0. The van der Waals surface area contributed by atoms with Crippen LogP contribution in [0.25, 0.3) is 6.08 Å². The van der Waals surface area contributed by atoms with Crippen LogP contribution >= 0.6 is 12.4 Å². The van der Waals surface area contributed by atoms with Crippen molar-refractivity contribution in [3.05, 3.63) is 58.8 Å². The van der Waals surface area contributed by atoms with Crippen molar-refractivity contribution in [1.82, 2.24) is 20.2 Å². The first-order valence-corrected chi connectivity index (χ1v) is 9.07. The molecule has 1 fully saturated rings. The monoisotopic (exact) mass is 418 g/mol. The van der Waals surface area contributed by atoms with Gasteiger partial charge in [-0.25, -0.2) is 14.6 Å². The largest absolute Gasteiger partial charge is 0.465 e. The number of ether oxygens (including phenoxy) is 1. The number of nitrogens with zero attached hydrogens (tertiary/aromatic N) is 2. The predicted octanol–water partition coefficient (Wildman–Crippen LogP) is 2.66. The molecule has 0 radical (unpaired) electrons. The number of urea groups is 1. The molecule has 0 aliphatic carbocycles. The van der Waals surface area contributed by atoms with Gasteiger partial charge in [-0.2, -0.15) is 0 Å². The average molecular weight is 419 g/mol. The first kappa shape index (κ1) is 22.2. The summed E-state index contributed by atoms with van der Waals surface area (Å²) in [5, 5.41) is 4.68. The number of imide groups is 1. The predicted molar refractivity (Wildman–Crippen MR) is 110 cm³/mol. The SMILES string of the molecule is CCCCc1ncc(/C=C2\NC(=O)NC2=O)n1Cc1ccc(C(=O)OC)cc1.Cl. The first-order valence-electron chi connectivity index (χ1n) is 9.07. The van der Waals surface area contributed by atoms with Gasteiger partial charge in [-0.05, 0) is 30.2 Å². The van der Waals surface area contributed by atoms with Crippen LogP contribution in [0, 0.1) is 0 Å². The Morgan fingerprint density at radius 2 is 1.93 bits per heavy atom. The number of unbranched alkanes of at least 4 members (excludes halogenated alkanes) is 1. The maximum absolute atomic E-state index is 11.8. The molecule has 1 aromatic heterocycles. The fourth-order valence-electron chi connectivity index (χ4n) is 2.94. The molecule has 0 unspecified atom stereocenters. The van der Waals surface area contributed by atoms with Crippen molar-refractivity contribution < 1.29 is 19.1 Å². The summed E-state index contributed by atoms with van der Waals surface area (Å²) in [7, 11) is 1.35. The molecule has 1 aliphatic heterocycles. The maximum Gasteiger partial charge on any atom is 0.337 e. The fraction of sp³-hybridized carbons (Fsp3) is 0.300. The van der Waals surface area contributed by atoms with E-state index in [0.717, 1.165) is 36.3 Å². The summed E-state index contributed by atoms with van der Waals surface area (Å²) < 4.78 is 6.73. The van der Waals surface area contributed by atoms with E-state index in [0.29, 0.717) is 12.1 Å². The van der Waals surface area contributed by atoms with Crippen LogP contribution in [0.15, 0.2) is 36.2 Å². The Morgan fingerprint density at radius 3 is 2.52 bits per heavy atom. The van der Waals surface area contributed by atoms with Crippen LogP contribution in [-0.4, -0.2) is 34.6 Å². The second-order valence-electron chi connectivity index (χ2n) is 6.44. The molecule has 8 nitrogen and oxygen atoms in total. The summed E-state index contributed by atoms with van der Waals surface area (Å²) in [6.07, 6.45) is 6.14. The molecule has 2 aromatic rings. The minimum Gasteiger partial charge on any atom is -0.465 e. The quantitative estimate of drug-likeness (QED) is 0.409. The summed E-state index contributed by atoms with van der Waals surface area (Å²) >= 11 is 0. The highest BCUT2D eigenvalue weighted by atomic mass is 35.5. The summed E-state index contributed by atoms with van der Waals surface area (Å²) in [6, 6.07) is 6.61. The van der Waals surface area contributed by atoms with Crippen LogP contribution in [-0.2, 0) is 22.5 Å². The van der Waals surface area contributed by atoms with Crippen molar-refractivity contribution in [2.24, 2.45) is 0 Å². The van der Waals surface area contributed by atoms with Crippen molar-refractivity contribution in [1.29, 1.82) is 0 Å². The van der Waals surface area contributed by atoms with Gasteiger partial charge < -0.3 is 14.6 Å². The molecule has 154 valence electrons. The molecular formula is C20H23ClN4O4. The third kappa shape index (κ3) is 5.23. The third-order valence-corrected chi connectivity index (χ3v) is 4.45. The highest BCUT2D eigenvalue weighted by molar-refractivity contribution is 6.13. The van der Waals surface area contributed by atoms with Crippen molar-refractivity contribution in [2.75, 3.05) is 7.11 Å². The van der Waals surface area contributed by atoms with Crippen molar-refractivity contribution in [3.8, 4) is 0 Å². The number of aryl methyl sites for hydroxylation is 1. The van der Waals surface area contributed by atoms with Crippen molar-refractivity contribution in [3.63, 3.8) is 0 Å². The fourth-order valence-corrected chi connectivity index (χ4v) is 2.94. The molecular weight excluding hydrogens is 396 g/mol. The van der Waals surface area contributed by atoms with E-state index in [1.54, 1.807) is 24.4 Å². The van der Waals surface area contributed by atoms with E-state index in [9.17, 15) is 14.4 Å². The number of halogens is 1. The Hall–Kier alpha value is -3.13. The van der Waals surface area contributed by atoms with Crippen LogP contribution in [0.5, 0.6) is 0 Å². The van der Waals surface area contributed by atoms with Gasteiger partial charge in [-0.15, -0.1) is 12.4 Å². The zero-order valence-electron chi connectivity index (χ0n) is 16.2. The van der Waals surface area contributed by atoms with Crippen molar-refractivity contribution in [2.45, 2.75) is 32.7 Å². The molecule has 0 spiro atoms. The summed E-state index contributed by atoms with van der Waals surface area (Å²) in [6.45, 7) is 2.63. The second-order valence-corrected chi connectivity index (χ2v) is 6.44. The Balaban J connectivity index is 0.00000300. The number of methoxy groups -OCH3 is 1. The van der Waals surface area contributed by atoms with Gasteiger partial charge in [0.2, 0.25) is 0 Å². The Labute approximate surface area is 174 Å². The van der Waals surface area contributed by atoms with E-state index >= 15 is 0 Å².